The summed E-state index contributed by atoms with van der Waals surface area (Å²) in [6, 6.07) is 3.69. The van der Waals surface area contributed by atoms with Crippen molar-refractivity contribution < 1.29 is 9.31 Å². The van der Waals surface area contributed by atoms with Crippen LogP contribution in [0.25, 0.3) is 0 Å². The SMILES string of the molecule is CC1CCC(N)C(Cc2cc(F)ccc2[N+](=O)[O-])C1. The number of benzene rings is 1. The molecule has 104 valence electrons. The third-order valence-corrected chi connectivity index (χ3v) is 4.02. The molecule has 5 heteroatoms. The van der Waals surface area contributed by atoms with Crippen molar-refractivity contribution in [3.8, 4) is 0 Å². The van der Waals surface area contributed by atoms with Crippen LogP contribution < -0.4 is 5.73 Å². The number of nitro benzene ring substituents is 1. The zero-order valence-electron chi connectivity index (χ0n) is 11.0. The molecule has 1 aromatic rings. The number of halogens is 1. The Morgan fingerprint density at radius 3 is 2.89 bits per heavy atom. The van der Waals surface area contributed by atoms with E-state index in [0.29, 0.717) is 17.9 Å². The van der Waals surface area contributed by atoms with Gasteiger partial charge >= 0.3 is 0 Å². The van der Waals surface area contributed by atoms with E-state index in [1.807, 2.05) is 0 Å². The van der Waals surface area contributed by atoms with Crippen molar-refractivity contribution in [1.29, 1.82) is 0 Å². The van der Waals surface area contributed by atoms with Crippen molar-refractivity contribution in [2.24, 2.45) is 17.6 Å². The highest BCUT2D eigenvalue weighted by atomic mass is 19.1. The molecule has 0 spiro atoms. The van der Waals surface area contributed by atoms with Crippen LogP contribution in [0.4, 0.5) is 10.1 Å². The highest BCUT2D eigenvalue weighted by Crippen LogP contribution is 2.32. The van der Waals surface area contributed by atoms with E-state index in [2.05, 4.69) is 6.92 Å². The first-order valence-electron chi connectivity index (χ1n) is 6.65. The van der Waals surface area contributed by atoms with Crippen LogP contribution in [-0.2, 0) is 6.42 Å². The minimum absolute atomic E-state index is 0.00757. The summed E-state index contributed by atoms with van der Waals surface area (Å²) < 4.78 is 13.3. The van der Waals surface area contributed by atoms with E-state index in [-0.39, 0.29) is 17.6 Å². The Labute approximate surface area is 112 Å². The highest BCUT2D eigenvalue weighted by Gasteiger charge is 2.28. The minimum atomic E-state index is -0.452. The van der Waals surface area contributed by atoms with E-state index < -0.39 is 10.7 Å². The summed E-state index contributed by atoms with van der Waals surface area (Å²) in [5.41, 5.74) is 6.54. The molecule has 19 heavy (non-hydrogen) atoms. The number of nitrogens with two attached hydrogens (primary N) is 1. The van der Waals surface area contributed by atoms with Gasteiger partial charge in [-0.3, -0.25) is 10.1 Å². The fourth-order valence-electron chi connectivity index (χ4n) is 2.94. The zero-order chi connectivity index (χ0) is 14.0. The summed E-state index contributed by atoms with van der Waals surface area (Å²) in [6.07, 6.45) is 3.48. The molecule has 0 bridgehead atoms. The van der Waals surface area contributed by atoms with Crippen molar-refractivity contribution in [2.45, 2.75) is 38.6 Å². The molecule has 1 aromatic carbocycles. The molecule has 3 unspecified atom stereocenters. The van der Waals surface area contributed by atoms with E-state index in [1.165, 1.54) is 12.1 Å². The summed E-state index contributed by atoms with van der Waals surface area (Å²) in [6.45, 7) is 2.17. The van der Waals surface area contributed by atoms with Gasteiger partial charge in [0.25, 0.3) is 5.69 Å². The second-order valence-electron chi connectivity index (χ2n) is 5.58. The molecule has 1 aliphatic rings. The predicted octanol–water partition coefficient (Wildman–Crippen LogP) is 3.04. The van der Waals surface area contributed by atoms with Gasteiger partial charge in [0.2, 0.25) is 0 Å². The molecule has 2 rings (SSSR count). The smallest absolute Gasteiger partial charge is 0.272 e. The lowest BCUT2D eigenvalue weighted by Crippen LogP contribution is -2.36. The Kier molecular flexibility index (Phi) is 4.14. The van der Waals surface area contributed by atoms with Gasteiger partial charge in [-0.05, 0) is 49.7 Å². The Morgan fingerprint density at radius 2 is 2.21 bits per heavy atom. The van der Waals surface area contributed by atoms with E-state index in [9.17, 15) is 14.5 Å². The van der Waals surface area contributed by atoms with Crippen LogP contribution in [0.2, 0.25) is 0 Å². The Morgan fingerprint density at radius 1 is 1.47 bits per heavy atom. The van der Waals surface area contributed by atoms with Crippen LogP contribution in [0.3, 0.4) is 0 Å². The first kappa shape index (κ1) is 13.9. The van der Waals surface area contributed by atoms with Crippen LogP contribution in [0.15, 0.2) is 18.2 Å². The van der Waals surface area contributed by atoms with Gasteiger partial charge in [-0.15, -0.1) is 0 Å². The third-order valence-electron chi connectivity index (χ3n) is 4.02. The van der Waals surface area contributed by atoms with Gasteiger partial charge in [0.05, 0.1) is 4.92 Å². The fraction of sp³-hybridized carbons (Fsp3) is 0.571. The molecule has 1 aliphatic carbocycles. The van der Waals surface area contributed by atoms with Gasteiger partial charge in [-0.25, -0.2) is 4.39 Å². The Balaban J connectivity index is 2.22. The topological polar surface area (TPSA) is 69.2 Å². The Bertz CT molecular complexity index is 479. The van der Waals surface area contributed by atoms with Crippen LogP contribution in [-0.4, -0.2) is 11.0 Å². The van der Waals surface area contributed by atoms with Crippen molar-refractivity contribution in [3.63, 3.8) is 0 Å². The molecule has 0 aromatic heterocycles. The highest BCUT2D eigenvalue weighted by molar-refractivity contribution is 5.40. The monoisotopic (exact) mass is 266 g/mol. The average molecular weight is 266 g/mol. The maximum Gasteiger partial charge on any atom is 0.272 e. The quantitative estimate of drug-likeness (QED) is 0.675. The van der Waals surface area contributed by atoms with Crippen molar-refractivity contribution in [3.05, 3.63) is 39.7 Å². The van der Waals surface area contributed by atoms with Gasteiger partial charge < -0.3 is 5.73 Å². The number of rotatable bonds is 3. The van der Waals surface area contributed by atoms with Crippen molar-refractivity contribution >= 4 is 5.69 Å². The summed E-state index contributed by atoms with van der Waals surface area (Å²) in [7, 11) is 0. The summed E-state index contributed by atoms with van der Waals surface area (Å²) in [4.78, 5) is 10.5. The first-order chi connectivity index (χ1) is 8.97. The molecule has 1 saturated carbocycles. The summed E-state index contributed by atoms with van der Waals surface area (Å²) in [5, 5.41) is 11.0. The molecule has 3 atom stereocenters. The van der Waals surface area contributed by atoms with Crippen LogP contribution in [0.5, 0.6) is 0 Å². The fourth-order valence-corrected chi connectivity index (χ4v) is 2.94. The van der Waals surface area contributed by atoms with Gasteiger partial charge in [0, 0.05) is 17.7 Å². The second kappa shape index (κ2) is 5.65. The first-order valence-corrected chi connectivity index (χ1v) is 6.65. The number of hydrogen-bond donors (Lipinski definition) is 1. The summed E-state index contributed by atoms with van der Waals surface area (Å²) in [5.74, 6) is 0.347. The lowest BCUT2D eigenvalue weighted by atomic mass is 9.76. The molecule has 0 saturated heterocycles. The minimum Gasteiger partial charge on any atom is -0.327 e. The van der Waals surface area contributed by atoms with Crippen molar-refractivity contribution in [2.75, 3.05) is 0 Å². The average Bonchev–Trinajstić information content (AvgIpc) is 2.33. The molecule has 0 aliphatic heterocycles. The molecular formula is C14H19FN2O2. The molecule has 0 amide bonds. The summed E-state index contributed by atoms with van der Waals surface area (Å²) >= 11 is 0. The van der Waals surface area contributed by atoms with Gasteiger partial charge in [0.1, 0.15) is 5.82 Å². The molecule has 0 heterocycles. The normalized spacial score (nSPS) is 27.2. The lowest BCUT2D eigenvalue weighted by molar-refractivity contribution is -0.385. The molecule has 4 nitrogen and oxygen atoms in total. The van der Waals surface area contributed by atoms with Gasteiger partial charge in [-0.1, -0.05) is 6.92 Å². The largest absolute Gasteiger partial charge is 0.327 e. The Hall–Kier alpha value is -1.49. The maximum atomic E-state index is 13.3. The third kappa shape index (κ3) is 3.29. The molecule has 2 N–H and O–H groups in total. The predicted molar refractivity (Wildman–Crippen MR) is 71.2 cm³/mol. The van der Waals surface area contributed by atoms with E-state index in [1.54, 1.807) is 0 Å². The van der Waals surface area contributed by atoms with E-state index in [4.69, 9.17) is 5.73 Å². The molecule has 1 fully saturated rings. The molecular weight excluding hydrogens is 247 g/mol. The standard InChI is InChI=1S/C14H19FN2O2/c1-9-2-4-13(16)10(6-9)7-11-8-12(15)3-5-14(11)17(18)19/h3,5,8-10,13H,2,4,6-7,16H2,1H3. The van der Waals surface area contributed by atoms with Crippen LogP contribution in [0.1, 0.15) is 31.7 Å². The maximum absolute atomic E-state index is 13.3. The lowest BCUT2D eigenvalue weighted by Gasteiger charge is -2.32. The van der Waals surface area contributed by atoms with Crippen LogP contribution >= 0.6 is 0 Å². The van der Waals surface area contributed by atoms with Crippen LogP contribution in [0, 0.1) is 27.8 Å². The van der Waals surface area contributed by atoms with Gasteiger partial charge in [-0.2, -0.15) is 0 Å². The number of nitro groups is 1. The zero-order valence-corrected chi connectivity index (χ0v) is 11.0. The molecule has 0 radical (unpaired) electrons. The van der Waals surface area contributed by atoms with E-state index in [0.717, 1.165) is 25.3 Å². The number of nitrogens with zero attached hydrogens (tertiary/aromatic N) is 1. The van der Waals surface area contributed by atoms with Crippen molar-refractivity contribution in [1.82, 2.24) is 0 Å². The number of hydrogen-bond acceptors (Lipinski definition) is 3. The second-order valence-corrected chi connectivity index (χ2v) is 5.58. The van der Waals surface area contributed by atoms with Gasteiger partial charge in [0.15, 0.2) is 0 Å². The van der Waals surface area contributed by atoms with E-state index >= 15 is 0 Å².